The van der Waals surface area contributed by atoms with Gasteiger partial charge in [-0.3, -0.25) is 9.78 Å². The fourth-order valence-corrected chi connectivity index (χ4v) is 2.44. The number of carbonyl (C=O) groups is 1. The summed E-state index contributed by atoms with van der Waals surface area (Å²) in [6.07, 6.45) is 3.43. The second-order valence-corrected chi connectivity index (χ2v) is 5.90. The highest BCUT2D eigenvalue weighted by atomic mass is 16.5. The molecule has 1 N–H and O–H groups in total. The van der Waals surface area contributed by atoms with Crippen LogP contribution in [-0.2, 0) is 9.53 Å². The van der Waals surface area contributed by atoms with Crippen molar-refractivity contribution in [3.05, 3.63) is 59.9 Å². The van der Waals surface area contributed by atoms with E-state index in [0.29, 0.717) is 6.61 Å². The van der Waals surface area contributed by atoms with Crippen LogP contribution in [0.1, 0.15) is 37.9 Å². The van der Waals surface area contributed by atoms with Gasteiger partial charge in [0, 0.05) is 19.0 Å². The summed E-state index contributed by atoms with van der Waals surface area (Å²) in [5, 5.41) is 3.08. The predicted octanol–water partition coefficient (Wildman–Crippen LogP) is 3.11. The van der Waals surface area contributed by atoms with Crippen molar-refractivity contribution in [2.75, 3.05) is 13.7 Å². The van der Waals surface area contributed by atoms with E-state index >= 15 is 0 Å². The standard InChI is InChI=1S/C19H24N2O3/c1-5-24-19(2,3)18(22)21-17(15-10-12-20-13-11-15)14-6-8-16(23-4)9-7-14/h6-13,17H,5H2,1-4H3,(H,21,22)/t17-/m0/s1. The first-order chi connectivity index (χ1) is 11.5. The zero-order valence-corrected chi connectivity index (χ0v) is 14.6. The fraction of sp³-hybridized carbons (Fsp3) is 0.368. The number of rotatable bonds is 7. The third kappa shape index (κ3) is 4.32. The number of hydrogen-bond acceptors (Lipinski definition) is 4. The first kappa shape index (κ1) is 17.9. The fourth-order valence-electron chi connectivity index (χ4n) is 2.44. The van der Waals surface area contributed by atoms with Crippen molar-refractivity contribution in [1.29, 1.82) is 0 Å². The molecule has 0 aliphatic rings. The number of benzene rings is 1. The maximum atomic E-state index is 12.7. The van der Waals surface area contributed by atoms with Crippen LogP contribution in [0.2, 0.25) is 0 Å². The molecule has 1 amide bonds. The highest BCUT2D eigenvalue weighted by Crippen LogP contribution is 2.25. The summed E-state index contributed by atoms with van der Waals surface area (Å²) < 4.78 is 10.8. The second kappa shape index (κ2) is 7.93. The Balaban J connectivity index is 2.31. The lowest BCUT2D eigenvalue weighted by atomic mass is 9.98. The maximum absolute atomic E-state index is 12.7. The van der Waals surface area contributed by atoms with Gasteiger partial charge >= 0.3 is 0 Å². The monoisotopic (exact) mass is 328 g/mol. The largest absolute Gasteiger partial charge is 0.497 e. The molecule has 128 valence electrons. The molecule has 0 aliphatic carbocycles. The number of nitrogens with one attached hydrogen (secondary N) is 1. The van der Waals surface area contributed by atoms with Gasteiger partial charge in [-0.15, -0.1) is 0 Å². The van der Waals surface area contributed by atoms with Crippen LogP contribution in [0, 0.1) is 0 Å². The van der Waals surface area contributed by atoms with Crippen molar-refractivity contribution in [2.24, 2.45) is 0 Å². The van der Waals surface area contributed by atoms with E-state index in [1.165, 1.54) is 0 Å². The van der Waals surface area contributed by atoms with Crippen molar-refractivity contribution in [3.8, 4) is 5.75 Å². The topological polar surface area (TPSA) is 60.5 Å². The average molecular weight is 328 g/mol. The summed E-state index contributed by atoms with van der Waals surface area (Å²) >= 11 is 0. The van der Waals surface area contributed by atoms with Gasteiger partial charge in [-0.1, -0.05) is 12.1 Å². The van der Waals surface area contributed by atoms with Crippen LogP contribution in [-0.4, -0.2) is 30.2 Å². The van der Waals surface area contributed by atoms with Gasteiger partial charge in [0.05, 0.1) is 13.2 Å². The minimum Gasteiger partial charge on any atom is -0.497 e. The molecular weight excluding hydrogens is 304 g/mol. The van der Waals surface area contributed by atoms with E-state index < -0.39 is 5.60 Å². The van der Waals surface area contributed by atoms with E-state index in [1.54, 1.807) is 33.4 Å². The molecule has 5 nitrogen and oxygen atoms in total. The lowest BCUT2D eigenvalue weighted by Gasteiger charge is -2.28. The average Bonchev–Trinajstić information content (AvgIpc) is 2.60. The first-order valence-corrected chi connectivity index (χ1v) is 7.96. The quantitative estimate of drug-likeness (QED) is 0.848. The summed E-state index contributed by atoms with van der Waals surface area (Å²) in [4.78, 5) is 16.7. The van der Waals surface area contributed by atoms with Crippen molar-refractivity contribution in [1.82, 2.24) is 10.3 Å². The molecule has 0 saturated carbocycles. The normalized spacial score (nSPS) is 12.5. The van der Waals surface area contributed by atoms with Gasteiger partial charge in [0.2, 0.25) is 0 Å². The number of methoxy groups -OCH3 is 1. The van der Waals surface area contributed by atoms with Gasteiger partial charge in [0.15, 0.2) is 0 Å². The van der Waals surface area contributed by atoms with Crippen LogP contribution in [0.3, 0.4) is 0 Å². The lowest BCUT2D eigenvalue weighted by Crippen LogP contribution is -2.45. The summed E-state index contributed by atoms with van der Waals surface area (Å²) in [7, 11) is 1.63. The molecular formula is C19H24N2O3. The molecule has 2 rings (SSSR count). The third-order valence-corrected chi connectivity index (χ3v) is 3.82. The van der Waals surface area contributed by atoms with Gasteiger partial charge in [0.25, 0.3) is 5.91 Å². The Morgan fingerprint density at radius 2 is 1.71 bits per heavy atom. The van der Waals surface area contributed by atoms with E-state index in [-0.39, 0.29) is 11.9 Å². The molecule has 0 bridgehead atoms. The molecule has 2 aromatic rings. The van der Waals surface area contributed by atoms with Crippen LogP contribution in [0.25, 0.3) is 0 Å². The summed E-state index contributed by atoms with van der Waals surface area (Å²) in [6, 6.07) is 11.1. The molecule has 0 spiro atoms. The van der Waals surface area contributed by atoms with Gasteiger partial charge in [-0.25, -0.2) is 0 Å². The molecule has 0 aliphatic heterocycles. The molecule has 0 unspecified atom stereocenters. The Morgan fingerprint density at radius 3 is 2.25 bits per heavy atom. The number of aromatic nitrogens is 1. The number of nitrogens with zero attached hydrogens (tertiary/aromatic N) is 1. The van der Waals surface area contributed by atoms with Crippen molar-refractivity contribution in [2.45, 2.75) is 32.4 Å². The number of hydrogen-bond donors (Lipinski definition) is 1. The Labute approximate surface area is 143 Å². The van der Waals surface area contributed by atoms with Gasteiger partial charge < -0.3 is 14.8 Å². The van der Waals surface area contributed by atoms with Crippen LogP contribution < -0.4 is 10.1 Å². The third-order valence-electron chi connectivity index (χ3n) is 3.82. The Kier molecular flexibility index (Phi) is 5.93. The highest BCUT2D eigenvalue weighted by Gasteiger charge is 2.30. The zero-order valence-electron chi connectivity index (χ0n) is 14.6. The summed E-state index contributed by atoms with van der Waals surface area (Å²) in [5.74, 6) is 0.607. The molecule has 5 heteroatoms. The van der Waals surface area contributed by atoms with Crippen molar-refractivity contribution >= 4 is 5.91 Å². The minimum atomic E-state index is -0.896. The molecule has 1 aromatic heterocycles. The molecule has 0 radical (unpaired) electrons. The van der Waals surface area contributed by atoms with E-state index in [1.807, 2.05) is 43.3 Å². The lowest BCUT2D eigenvalue weighted by molar-refractivity contribution is -0.142. The number of amides is 1. The van der Waals surface area contributed by atoms with Crippen molar-refractivity contribution in [3.63, 3.8) is 0 Å². The van der Waals surface area contributed by atoms with Gasteiger partial charge in [0.1, 0.15) is 11.4 Å². The summed E-state index contributed by atoms with van der Waals surface area (Å²) in [5.41, 5.74) is 1.02. The highest BCUT2D eigenvalue weighted by molar-refractivity contribution is 5.85. The SMILES string of the molecule is CCOC(C)(C)C(=O)N[C@H](c1ccncc1)c1ccc(OC)cc1. The minimum absolute atomic E-state index is 0.165. The Morgan fingerprint density at radius 1 is 1.12 bits per heavy atom. The van der Waals surface area contributed by atoms with E-state index in [0.717, 1.165) is 16.9 Å². The Hall–Kier alpha value is -2.40. The van der Waals surface area contributed by atoms with E-state index in [4.69, 9.17) is 9.47 Å². The number of carbonyl (C=O) groups excluding carboxylic acids is 1. The first-order valence-electron chi connectivity index (χ1n) is 7.96. The van der Waals surface area contributed by atoms with E-state index in [9.17, 15) is 4.79 Å². The van der Waals surface area contributed by atoms with Crippen molar-refractivity contribution < 1.29 is 14.3 Å². The van der Waals surface area contributed by atoms with Crippen LogP contribution >= 0.6 is 0 Å². The second-order valence-electron chi connectivity index (χ2n) is 5.90. The van der Waals surface area contributed by atoms with Crippen LogP contribution in [0.15, 0.2) is 48.8 Å². The zero-order chi connectivity index (χ0) is 17.6. The molecule has 1 aromatic carbocycles. The summed E-state index contributed by atoms with van der Waals surface area (Å²) in [6.45, 7) is 5.88. The molecule has 0 saturated heterocycles. The number of pyridine rings is 1. The van der Waals surface area contributed by atoms with E-state index in [2.05, 4.69) is 10.3 Å². The predicted molar refractivity (Wildman–Crippen MR) is 92.9 cm³/mol. The molecule has 1 heterocycles. The molecule has 1 atom stereocenters. The van der Waals surface area contributed by atoms with Crippen LogP contribution in [0.4, 0.5) is 0 Å². The van der Waals surface area contributed by atoms with Crippen LogP contribution in [0.5, 0.6) is 5.75 Å². The molecule has 24 heavy (non-hydrogen) atoms. The van der Waals surface area contributed by atoms with Gasteiger partial charge in [-0.05, 0) is 56.2 Å². The molecule has 0 fully saturated rings. The maximum Gasteiger partial charge on any atom is 0.252 e. The smallest absolute Gasteiger partial charge is 0.252 e. The number of ether oxygens (including phenoxy) is 2. The van der Waals surface area contributed by atoms with Gasteiger partial charge in [-0.2, -0.15) is 0 Å². The Bertz CT molecular complexity index is 654.